The summed E-state index contributed by atoms with van der Waals surface area (Å²) in [5.74, 6) is 0.144. The highest BCUT2D eigenvalue weighted by Gasteiger charge is 2.59. The van der Waals surface area contributed by atoms with Crippen LogP contribution in [0.5, 0.6) is 5.75 Å². The Bertz CT molecular complexity index is 1160. The van der Waals surface area contributed by atoms with Crippen LogP contribution in [0.2, 0.25) is 0 Å². The van der Waals surface area contributed by atoms with Gasteiger partial charge in [0.25, 0.3) is 0 Å². The molecule has 1 fully saturated rings. The summed E-state index contributed by atoms with van der Waals surface area (Å²) in [7, 11) is 0. The largest absolute Gasteiger partial charge is 0.493 e. The van der Waals surface area contributed by atoms with Crippen LogP contribution < -0.4 is 10.4 Å². The molecule has 2 aromatic rings. The number of benzene rings is 1. The molecule has 0 saturated heterocycles. The summed E-state index contributed by atoms with van der Waals surface area (Å²) in [5.41, 5.74) is 0.272. The van der Waals surface area contributed by atoms with Gasteiger partial charge < -0.3 is 13.9 Å². The maximum atomic E-state index is 13.2. The molecule has 0 bridgehead atoms. The van der Waals surface area contributed by atoms with E-state index in [-0.39, 0.29) is 35.1 Å². The lowest BCUT2D eigenvalue weighted by molar-refractivity contribution is -0.176. The van der Waals surface area contributed by atoms with Gasteiger partial charge in [-0.2, -0.15) is 0 Å². The Morgan fingerprint density at radius 1 is 1.16 bits per heavy atom. The average molecular weight is 439 g/mol. The third-order valence-electron chi connectivity index (χ3n) is 7.50. The fourth-order valence-corrected chi connectivity index (χ4v) is 6.03. The third-order valence-corrected chi connectivity index (χ3v) is 7.50. The lowest BCUT2D eigenvalue weighted by atomic mass is 9.47. The number of rotatable bonds is 4. The van der Waals surface area contributed by atoms with Gasteiger partial charge in [-0.25, -0.2) is 4.79 Å². The molecule has 0 aliphatic heterocycles. The fourth-order valence-electron chi connectivity index (χ4n) is 6.03. The van der Waals surface area contributed by atoms with E-state index in [0.717, 1.165) is 17.4 Å². The van der Waals surface area contributed by atoms with Crippen molar-refractivity contribution in [2.24, 2.45) is 22.7 Å². The predicted molar refractivity (Wildman–Crippen MR) is 120 cm³/mol. The van der Waals surface area contributed by atoms with Crippen molar-refractivity contribution in [1.29, 1.82) is 0 Å². The number of esters is 1. The second-order valence-electron chi connectivity index (χ2n) is 10.0. The van der Waals surface area contributed by atoms with E-state index in [2.05, 4.69) is 6.92 Å². The Labute approximate surface area is 187 Å². The maximum Gasteiger partial charge on any atom is 0.336 e. The lowest BCUT2D eigenvalue weighted by Gasteiger charge is -2.57. The summed E-state index contributed by atoms with van der Waals surface area (Å²) in [6, 6.07) is 8.56. The molecule has 4 unspecified atom stereocenters. The van der Waals surface area contributed by atoms with Crippen molar-refractivity contribution in [3.8, 4) is 5.75 Å². The van der Waals surface area contributed by atoms with Crippen molar-refractivity contribution >= 4 is 22.7 Å². The monoisotopic (exact) mass is 438 g/mol. The minimum Gasteiger partial charge on any atom is -0.493 e. The van der Waals surface area contributed by atoms with Gasteiger partial charge in [0.1, 0.15) is 17.4 Å². The Morgan fingerprint density at radius 2 is 1.88 bits per heavy atom. The molecule has 1 heterocycles. The van der Waals surface area contributed by atoms with Gasteiger partial charge in [-0.05, 0) is 49.5 Å². The van der Waals surface area contributed by atoms with Gasteiger partial charge in [0.2, 0.25) is 0 Å². The number of carbonyl (C=O) groups excluding carboxylic acids is 2. The predicted octanol–water partition coefficient (Wildman–Crippen LogP) is 4.69. The van der Waals surface area contributed by atoms with Crippen LogP contribution in [0.4, 0.5) is 0 Å². The summed E-state index contributed by atoms with van der Waals surface area (Å²) in [6.07, 6.45) is 2.91. The molecule has 6 nitrogen and oxygen atoms in total. The number of carbonyl (C=O) groups is 2. The molecule has 0 amide bonds. The topological polar surface area (TPSA) is 82.8 Å². The van der Waals surface area contributed by atoms with Crippen LogP contribution in [0.3, 0.4) is 0 Å². The first-order valence-electron chi connectivity index (χ1n) is 11.1. The van der Waals surface area contributed by atoms with Crippen molar-refractivity contribution < 1.29 is 23.5 Å². The molecule has 1 saturated carbocycles. The van der Waals surface area contributed by atoms with Crippen LogP contribution in [0.1, 0.15) is 47.5 Å². The minimum atomic E-state index is -0.489. The standard InChI is InChI=1S/C26H30O6/c1-15-12-20(28)24-25(3,4)22(31-16(2)27)10-11-26(24,5)19(15)14-30-18-8-6-17-7-9-23(29)32-21(17)13-18/h6-9,12-13,19,22,24H,10-11,14H2,1-5H3. The van der Waals surface area contributed by atoms with Gasteiger partial charge in [0.15, 0.2) is 5.78 Å². The number of fused-ring (bicyclic) bond motifs is 2. The van der Waals surface area contributed by atoms with E-state index in [4.69, 9.17) is 13.9 Å². The first kappa shape index (κ1) is 22.3. The molecule has 2 aliphatic rings. The van der Waals surface area contributed by atoms with Crippen molar-refractivity contribution in [3.63, 3.8) is 0 Å². The highest BCUT2D eigenvalue weighted by Crippen LogP contribution is 2.59. The second-order valence-corrected chi connectivity index (χ2v) is 10.0. The van der Waals surface area contributed by atoms with Gasteiger partial charge in [-0.15, -0.1) is 0 Å². The molecule has 2 aliphatic carbocycles. The quantitative estimate of drug-likeness (QED) is 0.509. The van der Waals surface area contributed by atoms with E-state index >= 15 is 0 Å². The number of ketones is 1. The van der Waals surface area contributed by atoms with Crippen LogP contribution in [-0.2, 0) is 14.3 Å². The SMILES string of the molecule is CC(=O)OC1CCC2(C)C(COc3ccc4ccc(=O)oc4c3)C(C)=CC(=O)C2C1(C)C. The first-order chi connectivity index (χ1) is 15.0. The molecule has 32 heavy (non-hydrogen) atoms. The maximum absolute atomic E-state index is 13.2. The minimum absolute atomic E-state index is 0.0289. The van der Waals surface area contributed by atoms with E-state index < -0.39 is 11.0 Å². The molecule has 0 N–H and O–H groups in total. The van der Waals surface area contributed by atoms with Gasteiger partial charge in [-0.1, -0.05) is 26.3 Å². The van der Waals surface area contributed by atoms with Crippen molar-refractivity contribution in [3.05, 3.63) is 52.4 Å². The normalized spacial score (nSPS) is 29.2. The highest BCUT2D eigenvalue weighted by molar-refractivity contribution is 5.95. The van der Waals surface area contributed by atoms with E-state index in [0.29, 0.717) is 24.4 Å². The molecule has 1 aromatic carbocycles. The van der Waals surface area contributed by atoms with E-state index in [9.17, 15) is 14.4 Å². The summed E-state index contributed by atoms with van der Waals surface area (Å²) in [6.45, 7) is 10.0. The van der Waals surface area contributed by atoms with Crippen molar-refractivity contribution in [2.75, 3.05) is 6.61 Å². The third kappa shape index (κ3) is 3.76. The molecular formula is C26H30O6. The number of ether oxygens (including phenoxy) is 2. The van der Waals surface area contributed by atoms with Gasteiger partial charge in [0.05, 0.1) is 6.61 Å². The molecule has 6 heteroatoms. The first-order valence-corrected chi connectivity index (χ1v) is 11.1. The number of hydrogen-bond acceptors (Lipinski definition) is 6. The van der Waals surface area contributed by atoms with Crippen molar-refractivity contribution in [2.45, 2.75) is 53.6 Å². The van der Waals surface area contributed by atoms with Gasteiger partial charge in [-0.3, -0.25) is 9.59 Å². The molecular weight excluding hydrogens is 408 g/mol. The Kier molecular flexibility index (Phi) is 5.51. The van der Waals surface area contributed by atoms with E-state index in [1.54, 1.807) is 18.2 Å². The van der Waals surface area contributed by atoms with Crippen LogP contribution >= 0.6 is 0 Å². The van der Waals surface area contributed by atoms with Gasteiger partial charge >= 0.3 is 11.6 Å². The molecule has 170 valence electrons. The Balaban J connectivity index is 1.62. The van der Waals surface area contributed by atoms with Gasteiger partial charge in [0, 0.05) is 41.7 Å². The fraction of sp³-hybridized carbons (Fsp3) is 0.500. The van der Waals surface area contributed by atoms with Crippen molar-refractivity contribution in [1.82, 2.24) is 0 Å². The summed E-state index contributed by atoms with van der Waals surface area (Å²) < 4.78 is 17.1. The number of allylic oxidation sites excluding steroid dienone is 1. The van der Waals surface area contributed by atoms with Crippen LogP contribution in [0.15, 0.2) is 51.2 Å². The highest BCUT2D eigenvalue weighted by atomic mass is 16.5. The second kappa shape index (κ2) is 7.91. The average Bonchev–Trinajstić information content (AvgIpc) is 2.68. The van der Waals surface area contributed by atoms with E-state index in [1.807, 2.05) is 32.9 Å². The Morgan fingerprint density at radius 3 is 2.59 bits per heavy atom. The van der Waals surface area contributed by atoms with Crippen LogP contribution in [0.25, 0.3) is 11.0 Å². The lowest BCUT2D eigenvalue weighted by Crippen LogP contribution is -2.58. The molecule has 0 spiro atoms. The zero-order valence-corrected chi connectivity index (χ0v) is 19.3. The summed E-state index contributed by atoms with van der Waals surface area (Å²) in [4.78, 5) is 36.4. The molecule has 0 radical (unpaired) electrons. The smallest absolute Gasteiger partial charge is 0.336 e. The van der Waals surface area contributed by atoms with Crippen LogP contribution in [0, 0.1) is 22.7 Å². The van der Waals surface area contributed by atoms with Crippen LogP contribution in [-0.4, -0.2) is 24.5 Å². The summed E-state index contributed by atoms with van der Waals surface area (Å²) >= 11 is 0. The Hall–Kier alpha value is -2.89. The summed E-state index contributed by atoms with van der Waals surface area (Å²) in [5, 5.41) is 0.828. The molecule has 4 rings (SSSR count). The number of hydrogen-bond donors (Lipinski definition) is 0. The van der Waals surface area contributed by atoms with E-state index in [1.165, 1.54) is 13.0 Å². The molecule has 4 atom stereocenters. The zero-order chi connectivity index (χ0) is 23.3. The zero-order valence-electron chi connectivity index (χ0n) is 19.3. The molecule has 1 aromatic heterocycles.